The molecule has 1 aromatic carbocycles. The van der Waals surface area contributed by atoms with Crippen LogP contribution in [-0.4, -0.2) is 7.28 Å². The van der Waals surface area contributed by atoms with Gasteiger partial charge in [-0.25, -0.2) is 0 Å². The highest BCUT2D eigenvalue weighted by Gasteiger charge is 2.11. The molecule has 1 rings (SSSR count). The molecule has 1 heteroatoms. The second-order valence-electron chi connectivity index (χ2n) is 4.45. The van der Waals surface area contributed by atoms with E-state index in [1.165, 1.54) is 16.6 Å². The normalized spacial score (nSPS) is 11.1. The maximum absolute atomic E-state index is 2.26. The van der Waals surface area contributed by atoms with Crippen LogP contribution in [-0.2, 0) is 0 Å². The molecule has 75 valence electrons. The van der Waals surface area contributed by atoms with E-state index >= 15 is 0 Å². The monoisotopic (exact) mass is 187 g/mol. The van der Waals surface area contributed by atoms with Crippen LogP contribution in [0, 0.1) is 0 Å². The van der Waals surface area contributed by atoms with Crippen molar-refractivity contribution in [2.45, 2.75) is 46.4 Å². The molecule has 0 saturated carbocycles. The van der Waals surface area contributed by atoms with E-state index in [1.54, 1.807) is 0 Å². The van der Waals surface area contributed by atoms with Crippen LogP contribution >= 0.6 is 0 Å². The van der Waals surface area contributed by atoms with Crippen LogP contribution in [0.5, 0.6) is 0 Å². The van der Waals surface area contributed by atoms with Crippen LogP contribution in [0.2, 0.25) is 6.82 Å². The molecule has 0 aliphatic carbocycles. The molecular weight excluding hydrogens is 167 g/mol. The van der Waals surface area contributed by atoms with Gasteiger partial charge in [-0.05, 0) is 11.8 Å². The summed E-state index contributed by atoms with van der Waals surface area (Å²) in [5.74, 6) is 1.22. The summed E-state index contributed by atoms with van der Waals surface area (Å²) >= 11 is 0. The lowest BCUT2D eigenvalue weighted by atomic mass is 9.65. The Hall–Kier alpha value is -0.715. The second-order valence-corrected chi connectivity index (χ2v) is 4.45. The van der Waals surface area contributed by atoms with E-state index in [0.29, 0.717) is 11.8 Å². The van der Waals surface area contributed by atoms with Gasteiger partial charge in [-0.15, -0.1) is 0 Å². The number of hydrogen-bond acceptors (Lipinski definition) is 0. The first kappa shape index (κ1) is 11.4. The minimum Gasteiger partial charge on any atom is -0.0872 e. The molecule has 0 bridgehead atoms. The second kappa shape index (κ2) is 4.68. The van der Waals surface area contributed by atoms with Gasteiger partial charge in [0.2, 0.25) is 0 Å². The van der Waals surface area contributed by atoms with Crippen molar-refractivity contribution in [1.29, 1.82) is 0 Å². The summed E-state index contributed by atoms with van der Waals surface area (Å²) in [7, 11) is 2.24. The fourth-order valence-electron chi connectivity index (χ4n) is 1.94. The minimum absolute atomic E-state index is 0.611. The van der Waals surface area contributed by atoms with E-state index in [9.17, 15) is 0 Å². The van der Waals surface area contributed by atoms with Crippen molar-refractivity contribution in [2.24, 2.45) is 0 Å². The van der Waals surface area contributed by atoms with Crippen molar-refractivity contribution >= 4 is 12.7 Å². The van der Waals surface area contributed by atoms with Crippen LogP contribution in [0.15, 0.2) is 18.2 Å². The van der Waals surface area contributed by atoms with Crippen molar-refractivity contribution in [3.63, 3.8) is 0 Å². The first-order valence-corrected chi connectivity index (χ1v) is 5.50. The van der Waals surface area contributed by atoms with Gasteiger partial charge in [0.15, 0.2) is 0 Å². The molecular formula is C13H20B. The molecule has 0 N–H and O–H groups in total. The predicted molar refractivity (Wildman–Crippen MR) is 65.9 cm³/mol. The molecule has 0 unspecified atom stereocenters. The summed E-state index contributed by atoms with van der Waals surface area (Å²) in [6.45, 7) is 11.2. The number of benzene rings is 1. The van der Waals surface area contributed by atoms with Crippen LogP contribution in [0.3, 0.4) is 0 Å². The average molecular weight is 187 g/mol. The third-order valence-corrected chi connectivity index (χ3v) is 2.71. The zero-order valence-corrected chi connectivity index (χ0v) is 9.96. The van der Waals surface area contributed by atoms with Crippen molar-refractivity contribution in [3.8, 4) is 0 Å². The Morgan fingerprint density at radius 2 is 1.36 bits per heavy atom. The molecule has 0 aromatic heterocycles. The van der Waals surface area contributed by atoms with Crippen molar-refractivity contribution < 1.29 is 0 Å². The molecule has 14 heavy (non-hydrogen) atoms. The molecule has 0 aliphatic rings. The van der Waals surface area contributed by atoms with Crippen molar-refractivity contribution in [1.82, 2.24) is 0 Å². The molecule has 0 aliphatic heterocycles. The summed E-state index contributed by atoms with van der Waals surface area (Å²) in [6.07, 6.45) is 0. The van der Waals surface area contributed by atoms with Gasteiger partial charge in [-0.2, -0.15) is 0 Å². The van der Waals surface area contributed by atoms with Crippen LogP contribution in [0.1, 0.15) is 50.7 Å². The fourth-order valence-corrected chi connectivity index (χ4v) is 1.94. The van der Waals surface area contributed by atoms with E-state index in [1.807, 2.05) is 0 Å². The van der Waals surface area contributed by atoms with Crippen molar-refractivity contribution in [3.05, 3.63) is 29.3 Å². The molecule has 0 nitrogen and oxygen atoms in total. The lowest BCUT2D eigenvalue weighted by molar-refractivity contribution is 0.845. The highest BCUT2D eigenvalue weighted by Crippen LogP contribution is 2.18. The smallest absolute Gasteiger partial charge is 0.0872 e. The van der Waals surface area contributed by atoms with Gasteiger partial charge >= 0.3 is 0 Å². The SMILES string of the molecule is C[B]c1c(C(C)C)cccc1C(C)C. The lowest BCUT2D eigenvalue weighted by Crippen LogP contribution is -2.23. The Bertz CT molecular complexity index is 274. The largest absolute Gasteiger partial charge is 0.149 e. The zero-order chi connectivity index (χ0) is 10.7. The third kappa shape index (κ3) is 2.20. The molecule has 0 amide bonds. The van der Waals surface area contributed by atoms with Gasteiger partial charge in [0.25, 0.3) is 0 Å². The van der Waals surface area contributed by atoms with Gasteiger partial charge in [0.05, 0.1) is 0 Å². The third-order valence-electron chi connectivity index (χ3n) is 2.71. The Morgan fingerprint density at radius 3 is 1.64 bits per heavy atom. The maximum Gasteiger partial charge on any atom is 0.149 e. The van der Waals surface area contributed by atoms with Gasteiger partial charge < -0.3 is 0 Å². The molecule has 0 spiro atoms. The highest BCUT2D eigenvalue weighted by atomic mass is 14.1. The lowest BCUT2D eigenvalue weighted by Gasteiger charge is -2.18. The maximum atomic E-state index is 2.26. The van der Waals surface area contributed by atoms with Gasteiger partial charge in [-0.3, -0.25) is 0 Å². The highest BCUT2D eigenvalue weighted by molar-refractivity contribution is 6.53. The Morgan fingerprint density at radius 1 is 0.929 bits per heavy atom. The summed E-state index contributed by atoms with van der Waals surface area (Å²) in [5.41, 5.74) is 4.38. The molecule has 1 aromatic rings. The summed E-state index contributed by atoms with van der Waals surface area (Å²) in [5, 5.41) is 0. The Labute approximate surface area is 89.0 Å². The molecule has 1 radical (unpaired) electrons. The van der Waals surface area contributed by atoms with E-state index in [0.717, 1.165) is 0 Å². The minimum atomic E-state index is 0.611. The Balaban J connectivity index is 3.25. The summed E-state index contributed by atoms with van der Waals surface area (Å²) in [4.78, 5) is 0. The van der Waals surface area contributed by atoms with Crippen LogP contribution in [0.25, 0.3) is 0 Å². The molecule has 0 atom stereocenters. The first-order valence-electron chi connectivity index (χ1n) is 5.50. The quantitative estimate of drug-likeness (QED) is 0.637. The number of rotatable bonds is 3. The number of hydrogen-bond donors (Lipinski definition) is 0. The average Bonchev–Trinajstić information content (AvgIpc) is 2.16. The molecule has 0 saturated heterocycles. The van der Waals surface area contributed by atoms with Gasteiger partial charge in [0, 0.05) is 0 Å². The van der Waals surface area contributed by atoms with Crippen LogP contribution in [0.4, 0.5) is 0 Å². The fraction of sp³-hybridized carbons (Fsp3) is 0.538. The zero-order valence-electron chi connectivity index (χ0n) is 9.96. The topological polar surface area (TPSA) is 0 Å². The van der Waals surface area contributed by atoms with Crippen molar-refractivity contribution in [2.75, 3.05) is 0 Å². The first-order chi connectivity index (χ1) is 6.57. The predicted octanol–water partition coefficient (Wildman–Crippen LogP) is 3.31. The van der Waals surface area contributed by atoms with Gasteiger partial charge in [-0.1, -0.05) is 69.3 Å². The van der Waals surface area contributed by atoms with E-state index < -0.39 is 0 Å². The summed E-state index contributed by atoms with van der Waals surface area (Å²) in [6, 6.07) is 6.66. The summed E-state index contributed by atoms with van der Waals surface area (Å²) < 4.78 is 0. The standard InChI is InChI=1S/C13H20B/c1-9(2)11-7-6-8-12(10(3)4)13(11)14-5/h6-10H,1-5H3. The van der Waals surface area contributed by atoms with E-state index in [-0.39, 0.29) is 0 Å². The van der Waals surface area contributed by atoms with E-state index in [4.69, 9.17) is 0 Å². The van der Waals surface area contributed by atoms with E-state index in [2.05, 4.69) is 60.0 Å². The molecule has 0 heterocycles. The molecule has 0 fully saturated rings. The van der Waals surface area contributed by atoms with Gasteiger partial charge in [0.1, 0.15) is 7.28 Å². The Kier molecular flexibility index (Phi) is 3.80. The van der Waals surface area contributed by atoms with Crippen LogP contribution < -0.4 is 5.46 Å².